The van der Waals surface area contributed by atoms with Gasteiger partial charge >= 0.3 is 0 Å². The van der Waals surface area contributed by atoms with Gasteiger partial charge in [-0.2, -0.15) is 4.57 Å². The highest BCUT2D eigenvalue weighted by Gasteiger charge is 2.19. The molecule has 0 spiro atoms. The third kappa shape index (κ3) is 4.18. The predicted molar refractivity (Wildman–Crippen MR) is 166 cm³/mol. The Morgan fingerprint density at radius 2 is 1.52 bits per heavy atom. The molecule has 0 aliphatic rings. The number of nitrogens with zero attached hydrogens (tertiary/aromatic N) is 4. The molecule has 0 amide bonds. The van der Waals surface area contributed by atoms with Crippen molar-refractivity contribution < 1.29 is 8.68 Å². The van der Waals surface area contributed by atoms with Gasteiger partial charge in [-0.15, -0.1) is 0 Å². The van der Waals surface area contributed by atoms with Crippen molar-refractivity contribution in [3.63, 3.8) is 0 Å². The van der Waals surface area contributed by atoms with Gasteiger partial charge in [0.2, 0.25) is 6.33 Å². The zero-order chi connectivity index (χ0) is 29.9. The quantitative estimate of drug-likeness (QED) is 0.209. The van der Waals surface area contributed by atoms with Crippen molar-refractivity contribution in [2.24, 2.45) is 6.98 Å². The highest BCUT2D eigenvalue weighted by Crippen LogP contribution is 2.37. The second-order valence-electron chi connectivity index (χ2n) is 11.1. The molecule has 196 valence electrons. The van der Waals surface area contributed by atoms with E-state index in [0.29, 0.717) is 5.52 Å². The number of hydrogen-bond acceptors (Lipinski definition) is 2. The first-order valence-electron chi connectivity index (χ1n) is 14.9. The molecule has 0 saturated carbocycles. The molecule has 3 aromatic heterocycles. The van der Waals surface area contributed by atoms with E-state index < -0.39 is 6.98 Å². The average Bonchev–Trinajstić information content (AvgIpc) is 3.53. The molecule has 0 N–H and O–H groups in total. The summed E-state index contributed by atoms with van der Waals surface area (Å²) in [5.74, 6) is 0.907. The van der Waals surface area contributed by atoms with Crippen LogP contribution in [-0.4, -0.2) is 14.1 Å². The maximum absolute atomic E-state index is 8.02. The van der Waals surface area contributed by atoms with Crippen LogP contribution in [0.1, 0.15) is 30.4 Å². The van der Waals surface area contributed by atoms with E-state index in [2.05, 4.69) is 92.1 Å². The summed E-state index contributed by atoms with van der Waals surface area (Å²) in [6, 6.07) is 35.2. The molecule has 0 aliphatic heterocycles. The summed E-state index contributed by atoms with van der Waals surface area (Å²) in [6.07, 6.45) is 3.58. The summed E-state index contributed by atoms with van der Waals surface area (Å²) in [6.45, 7) is 4.40. The lowest BCUT2D eigenvalue weighted by atomic mass is 9.88. The molecule has 0 fully saturated rings. The monoisotopic (exact) mass is 542 g/mol. The number of aromatic nitrogens is 4. The molecule has 40 heavy (non-hydrogen) atoms. The number of rotatable bonds is 4. The first-order chi connectivity index (χ1) is 20.6. The van der Waals surface area contributed by atoms with Crippen molar-refractivity contribution >= 4 is 44.6 Å². The number of aryl methyl sites for hydroxylation is 1. The van der Waals surface area contributed by atoms with E-state index in [4.69, 9.17) is 9.10 Å². The second-order valence-corrected chi connectivity index (χ2v) is 12.3. The normalized spacial score (nSPS) is 13.5. The molecule has 0 unspecified atom stereocenters. The minimum absolute atomic E-state index is 0.0102. The minimum atomic E-state index is -2.27. The lowest BCUT2D eigenvalue weighted by Crippen LogP contribution is -2.25. The molecule has 0 saturated heterocycles. The van der Waals surface area contributed by atoms with Gasteiger partial charge in [0.05, 0.1) is 22.1 Å². The van der Waals surface area contributed by atoms with Crippen LogP contribution in [0.15, 0.2) is 125 Å². The Bertz CT molecular complexity index is 2150. The van der Waals surface area contributed by atoms with Crippen molar-refractivity contribution in [3.05, 3.63) is 121 Å². The summed E-state index contributed by atoms with van der Waals surface area (Å²) in [5.41, 5.74) is 5.90. The molecular formula is C35H31N4S+. The molecular weight excluding hydrogens is 508 g/mol. The molecule has 7 aromatic rings. The van der Waals surface area contributed by atoms with Crippen LogP contribution in [0.3, 0.4) is 0 Å². The third-order valence-electron chi connectivity index (χ3n) is 7.45. The van der Waals surface area contributed by atoms with Gasteiger partial charge in [-0.3, -0.25) is 4.57 Å². The van der Waals surface area contributed by atoms with Crippen molar-refractivity contribution in [1.29, 1.82) is 0 Å². The first-order valence-corrected chi connectivity index (χ1v) is 14.2. The van der Waals surface area contributed by atoms with Crippen LogP contribution in [-0.2, 0) is 12.4 Å². The molecule has 5 heteroatoms. The Kier molecular flexibility index (Phi) is 5.04. The van der Waals surface area contributed by atoms with E-state index in [1.165, 1.54) is 20.9 Å². The van der Waals surface area contributed by atoms with E-state index in [0.717, 1.165) is 37.8 Å². The summed E-state index contributed by atoms with van der Waals surface area (Å²) >= 11 is 1.69. The molecule has 0 atom stereocenters. The maximum Gasteiger partial charge on any atom is 0.249 e. The van der Waals surface area contributed by atoms with Crippen molar-refractivity contribution in [3.8, 4) is 11.5 Å². The van der Waals surface area contributed by atoms with Crippen molar-refractivity contribution in [2.75, 3.05) is 0 Å². The molecule has 4 aromatic carbocycles. The van der Waals surface area contributed by atoms with Gasteiger partial charge in [0.15, 0.2) is 11.0 Å². The number of fused-ring (bicyclic) bond motifs is 4. The Labute approximate surface area is 242 Å². The standard InChI is InChI=1S/C35H31N4S/c1-35(2,3)24-18-19-36-34(20-24)39-30-13-6-5-12-28(30)29-17-16-27(22-33(29)39)40-26-11-9-10-25(21-26)38-23-37(4)31-14-7-8-15-32(31)38/h5-23H,1-4H3/q+1/i4D3. The van der Waals surface area contributed by atoms with Crippen LogP contribution in [0.2, 0.25) is 0 Å². The van der Waals surface area contributed by atoms with Crippen molar-refractivity contribution in [1.82, 2.24) is 14.1 Å². The van der Waals surface area contributed by atoms with Gasteiger partial charge in [0.25, 0.3) is 0 Å². The maximum atomic E-state index is 8.02. The van der Waals surface area contributed by atoms with E-state index in [-0.39, 0.29) is 5.41 Å². The zero-order valence-electron chi connectivity index (χ0n) is 25.7. The first kappa shape index (κ1) is 21.5. The van der Waals surface area contributed by atoms with Gasteiger partial charge in [-0.25, -0.2) is 9.55 Å². The Hall–Kier alpha value is -4.35. The molecule has 3 heterocycles. The Morgan fingerprint density at radius 1 is 0.750 bits per heavy atom. The lowest BCUT2D eigenvalue weighted by Gasteiger charge is -2.20. The number of imidazole rings is 1. The number of hydrogen-bond donors (Lipinski definition) is 0. The number of pyridine rings is 1. The molecule has 0 aliphatic carbocycles. The van der Waals surface area contributed by atoms with Crippen LogP contribution in [0.5, 0.6) is 0 Å². The largest absolute Gasteiger partial charge is 0.294 e. The minimum Gasteiger partial charge on any atom is -0.294 e. The van der Waals surface area contributed by atoms with Crippen LogP contribution in [0, 0.1) is 0 Å². The Morgan fingerprint density at radius 3 is 2.38 bits per heavy atom. The fourth-order valence-electron chi connectivity index (χ4n) is 5.42. The van der Waals surface area contributed by atoms with Gasteiger partial charge in [-0.05, 0) is 71.6 Å². The van der Waals surface area contributed by atoms with Gasteiger partial charge < -0.3 is 0 Å². The van der Waals surface area contributed by atoms with Crippen LogP contribution < -0.4 is 4.57 Å². The van der Waals surface area contributed by atoms with Crippen LogP contribution in [0.25, 0.3) is 44.3 Å². The topological polar surface area (TPSA) is 26.6 Å². The summed E-state index contributed by atoms with van der Waals surface area (Å²) in [7, 11) is 0. The third-order valence-corrected chi connectivity index (χ3v) is 8.43. The van der Waals surface area contributed by atoms with Crippen LogP contribution in [0.4, 0.5) is 0 Å². The molecule has 7 rings (SSSR count). The van der Waals surface area contributed by atoms with E-state index in [1.807, 2.05) is 47.2 Å². The molecule has 0 radical (unpaired) electrons. The number of benzene rings is 4. The highest BCUT2D eigenvalue weighted by atomic mass is 32.2. The summed E-state index contributed by atoms with van der Waals surface area (Å²) < 4.78 is 29.6. The summed E-state index contributed by atoms with van der Waals surface area (Å²) in [5, 5.41) is 2.38. The fourth-order valence-corrected chi connectivity index (χ4v) is 6.32. The van der Waals surface area contributed by atoms with E-state index in [9.17, 15) is 0 Å². The average molecular weight is 543 g/mol. The van der Waals surface area contributed by atoms with Gasteiger partial charge in [0.1, 0.15) is 11.5 Å². The highest BCUT2D eigenvalue weighted by molar-refractivity contribution is 7.99. The van der Waals surface area contributed by atoms with Gasteiger partial charge in [0, 0.05) is 26.8 Å². The van der Waals surface area contributed by atoms with Crippen LogP contribution >= 0.6 is 11.8 Å². The van der Waals surface area contributed by atoms with Gasteiger partial charge in [-0.1, -0.05) is 75.0 Å². The lowest BCUT2D eigenvalue weighted by molar-refractivity contribution is -0.645. The zero-order valence-corrected chi connectivity index (χ0v) is 23.5. The SMILES string of the molecule is [2H]C([2H])([2H])[n+]1cn(-c2cccc(Sc3ccc4c5ccccc5n(-c5cc(C(C)(C)C)ccn5)c4c3)c2)c2ccccc21. The number of para-hydroxylation sites is 3. The van der Waals surface area contributed by atoms with Crippen molar-refractivity contribution in [2.45, 2.75) is 36.0 Å². The second kappa shape index (κ2) is 9.39. The summed E-state index contributed by atoms with van der Waals surface area (Å²) in [4.78, 5) is 6.98. The smallest absolute Gasteiger partial charge is 0.249 e. The fraction of sp³-hybridized carbons (Fsp3) is 0.143. The molecule has 0 bridgehead atoms. The predicted octanol–water partition coefficient (Wildman–Crippen LogP) is 8.40. The molecule has 4 nitrogen and oxygen atoms in total. The Balaban J connectivity index is 1.32. The van der Waals surface area contributed by atoms with E-state index >= 15 is 0 Å². The van der Waals surface area contributed by atoms with E-state index in [1.54, 1.807) is 18.1 Å².